The average Bonchev–Trinajstić information content (AvgIpc) is 3.55. The SMILES string of the molecule is CCC.CCCCCc1ccc(CN(Cc2ccc(-c3ccc(C(=O)N4CCC(C)CC4)cc3)cc2)C2CCN(CCC(C)C)CC2)s1. The van der Waals surface area contributed by atoms with Crippen LogP contribution in [0, 0.1) is 11.8 Å². The zero-order valence-corrected chi connectivity index (χ0v) is 32.0. The summed E-state index contributed by atoms with van der Waals surface area (Å²) in [4.78, 5) is 23.5. The number of unbranched alkanes of at least 4 members (excludes halogenated alkanes) is 2. The average molecular weight is 672 g/mol. The van der Waals surface area contributed by atoms with Crippen molar-refractivity contribution >= 4 is 17.2 Å². The molecule has 48 heavy (non-hydrogen) atoms. The molecule has 1 aromatic heterocycles. The second-order valence-electron chi connectivity index (χ2n) is 14.9. The summed E-state index contributed by atoms with van der Waals surface area (Å²) in [5, 5.41) is 0. The number of carbonyl (C=O) groups excluding carboxylic acids is 1. The van der Waals surface area contributed by atoms with Gasteiger partial charge in [0, 0.05) is 47.5 Å². The van der Waals surface area contributed by atoms with Gasteiger partial charge in [0.25, 0.3) is 5.91 Å². The van der Waals surface area contributed by atoms with Crippen molar-refractivity contribution in [3.8, 4) is 11.1 Å². The Hall–Kier alpha value is -2.47. The van der Waals surface area contributed by atoms with Gasteiger partial charge < -0.3 is 9.80 Å². The van der Waals surface area contributed by atoms with Crippen molar-refractivity contribution in [1.29, 1.82) is 0 Å². The van der Waals surface area contributed by atoms with Gasteiger partial charge in [-0.05, 0) is 117 Å². The van der Waals surface area contributed by atoms with E-state index in [2.05, 4.69) is 99.9 Å². The molecule has 0 aliphatic carbocycles. The number of thiophene rings is 1. The molecule has 0 unspecified atom stereocenters. The lowest BCUT2D eigenvalue weighted by molar-refractivity contribution is 0.0697. The molecule has 0 atom stereocenters. The number of rotatable bonds is 14. The summed E-state index contributed by atoms with van der Waals surface area (Å²) < 4.78 is 0. The van der Waals surface area contributed by atoms with Crippen LogP contribution in [0.4, 0.5) is 0 Å². The van der Waals surface area contributed by atoms with Crippen molar-refractivity contribution in [3.05, 3.63) is 81.5 Å². The van der Waals surface area contributed by atoms with Gasteiger partial charge in [-0.3, -0.25) is 9.69 Å². The molecule has 3 aromatic rings. The fourth-order valence-corrected chi connectivity index (χ4v) is 7.98. The van der Waals surface area contributed by atoms with E-state index in [1.165, 1.54) is 92.6 Å². The van der Waals surface area contributed by atoms with Gasteiger partial charge in [-0.2, -0.15) is 0 Å². The minimum Gasteiger partial charge on any atom is -0.339 e. The summed E-state index contributed by atoms with van der Waals surface area (Å²) in [7, 11) is 0. The maximum Gasteiger partial charge on any atom is 0.253 e. The Bertz CT molecular complexity index is 1310. The predicted octanol–water partition coefficient (Wildman–Crippen LogP) is 10.9. The molecule has 3 heterocycles. The number of benzene rings is 2. The van der Waals surface area contributed by atoms with E-state index in [0.29, 0.717) is 6.04 Å². The number of piperidine rings is 2. The summed E-state index contributed by atoms with van der Waals surface area (Å²) in [5.41, 5.74) is 4.57. The largest absolute Gasteiger partial charge is 0.339 e. The van der Waals surface area contributed by atoms with Gasteiger partial charge in [0.05, 0.1) is 0 Å². The Labute approximate surface area is 297 Å². The van der Waals surface area contributed by atoms with Gasteiger partial charge in [0.2, 0.25) is 0 Å². The van der Waals surface area contributed by atoms with E-state index < -0.39 is 0 Å². The van der Waals surface area contributed by atoms with Gasteiger partial charge in [0.15, 0.2) is 0 Å². The van der Waals surface area contributed by atoms with Crippen LogP contribution in [-0.2, 0) is 19.5 Å². The highest BCUT2D eigenvalue weighted by molar-refractivity contribution is 7.11. The Balaban J connectivity index is 0.00000167. The molecule has 0 N–H and O–H groups in total. The van der Waals surface area contributed by atoms with Crippen molar-refractivity contribution in [1.82, 2.24) is 14.7 Å². The number of hydrogen-bond acceptors (Lipinski definition) is 4. The molecule has 5 heteroatoms. The molecule has 0 spiro atoms. The molecule has 264 valence electrons. The quantitative estimate of drug-likeness (QED) is 0.160. The summed E-state index contributed by atoms with van der Waals surface area (Å²) in [6.45, 7) is 21.0. The molecule has 0 saturated carbocycles. The standard InChI is InChI=1S/C40H57N3OS.C3H8/c1-5-6-7-8-38-17-18-39(45-38)30-43(37-22-25-41(26-23-37)24-19-31(2)3)29-33-9-11-34(12-10-33)35-13-15-36(16-14-35)40(44)42-27-20-32(4)21-28-42;1-3-2/h9-18,31-32,37H,5-8,19-30H2,1-4H3;3H2,1-2H3. The fraction of sp³-hybridized carbons (Fsp3) is 0.605. The lowest BCUT2D eigenvalue weighted by Gasteiger charge is -2.38. The minimum atomic E-state index is 0.175. The third kappa shape index (κ3) is 12.1. The van der Waals surface area contributed by atoms with Crippen LogP contribution in [-0.4, -0.2) is 59.4 Å². The molecule has 2 saturated heterocycles. The van der Waals surface area contributed by atoms with E-state index in [-0.39, 0.29) is 5.91 Å². The third-order valence-electron chi connectivity index (χ3n) is 10.1. The highest BCUT2D eigenvalue weighted by atomic mass is 32.1. The first-order chi connectivity index (χ1) is 23.3. The van der Waals surface area contributed by atoms with Crippen LogP contribution in [0.5, 0.6) is 0 Å². The van der Waals surface area contributed by atoms with Gasteiger partial charge in [-0.25, -0.2) is 0 Å². The van der Waals surface area contributed by atoms with Gasteiger partial charge >= 0.3 is 0 Å². The van der Waals surface area contributed by atoms with Crippen LogP contribution in [0.25, 0.3) is 11.1 Å². The van der Waals surface area contributed by atoms with Crippen molar-refractivity contribution in [2.45, 2.75) is 125 Å². The molecule has 2 aromatic carbocycles. The molecule has 4 nitrogen and oxygen atoms in total. The molecule has 5 rings (SSSR count). The first-order valence-corrected chi connectivity index (χ1v) is 20.1. The fourth-order valence-electron chi connectivity index (χ4n) is 6.89. The molecule has 2 aliphatic rings. The van der Waals surface area contributed by atoms with Crippen molar-refractivity contribution in [3.63, 3.8) is 0 Å². The summed E-state index contributed by atoms with van der Waals surface area (Å²) in [6, 6.07) is 22.8. The second kappa shape index (κ2) is 20.3. The van der Waals surface area contributed by atoms with Crippen LogP contribution < -0.4 is 0 Å². The molecule has 0 radical (unpaired) electrons. The molecular weight excluding hydrogens is 607 g/mol. The van der Waals surface area contributed by atoms with E-state index in [0.717, 1.165) is 56.4 Å². The number of nitrogens with zero attached hydrogens (tertiary/aromatic N) is 3. The highest BCUT2D eigenvalue weighted by Crippen LogP contribution is 2.28. The topological polar surface area (TPSA) is 26.8 Å². The van der Waals surface area contributed by atoms with Gasteiger partial charge in [0.1, 0.15) is 0 Å². The van der Waals surface area contributed by atoms with Crippen LogP contribution >= 0.6 is 11.3 Å². The first-order valence-electron chi connectivity index (χ1n) is 19.3. The zero-order chi connectivity index (χ0) is 34.3. The third-order valence-corrected chi connectivity index (χ3v) is 11.2. The molecule has 2 fully saturated rings. The van der Waals surface area contributed by atoms with Crippen molar-refractivity contribution < 1.29 is 4.79 Å². The van der Waals surface area contributed by atoms with E-state index in [4.69, 9.17) is 0 Å². The Kier molecular flexibility index (Phi) is 16.2. The first kappa shape index (κ1) is 38.3. The van der Waals surface area contributed by atoms with Gasteiger partial charge in [-0.1, -0.05) is 97.2 Å². The van der Waals surface area contributed by atoms with Crippen LogP contribution in [0.1, 0.15) is 125 Å². The minimum absolute atomic E-state index is 0.175. The van der Waals surface area contributed by atoms with E-state index in [1.54, 1.807) is 4.88 Å². The lowest BCUT2D eigenvalue weighted by atomic mass is 9.98. The summed E-state index contributed by atoms with van der Waals surface area (Å²) in [6.07, 6.45) is 12.4. The smallest absolute Gasteiger partial charge is 0.253 e. The monoisotopic (exact) mass is 671 g/mol. The highest BCUT2D eigenvalue weighted by Gasteiger charge is 2.26. The van der Waals surface area contributed by atoms with Crippen molar-refractivity contribution in [2.24, 2.45) is 11.8 Å². The number of aryl methyl sites for hydroxylation is 1. The van der Waals surface area contributed by atoms with Crippen molar-refractivity contribution in [2.75, 3.05) is 32.7 Å². The van der Waals surface area contributed by atoms with Crippen LogP contribution in [0.3, 0.4) is 0 Å². The van der Waals surface area contributed by atoms with Crippen LogP contribution in [0.15, 0.2) is 60.7 Å². The maximum atomic E-state index is 13.0. The number of amides is 1. The molecule has 0 bridgehead atoms. The van der Waals surface area contributed by atoms with Gasteiger partial charge in [-0.15, -0.1) is 11.3 Å². The predicted molar refractivity (Wildman–Crippen MR) is 208 cm³/mol. The Morgan fingerprint density at radius 2 is 1.40 bits per heavy atom. The zero-order valence-electron chi connectivity index (χ0n) is 31.2. The molecule has 2 aliphatic heterocycles. The number of hydrogen-bond donors (Lipinski definition) is 0. The normalized spacial score (nSPS) is 16.4. The van der Waals surface area contributed by atoms with E-state index >= 15 is 0 Å². The molecular formula is C43H65N3OS. The summed E-state index contributed by atoms with van der Waals surface area (Å²) >= 11 is 2.03. The summed E-state index contributed by atoms with van der Waals surface area (Å²) in [5.74, 6) is 1.67. The lowest BCUT2D eigenvalue weighted by Crippen LogP contribution is -2.44. The molecule has 1 amide bonds. The van der Waals surface area contributed by atoms with E-state index in [9.17, 15) is 4.79 Å². The van der Waals surface area contributed by atoms with Crippen LogP contribution in [0.2, 0.25) is 0 Å². The number of likely N-dealkylation sites (tertiary alicyclic amines) is 2. The Morgan fingerprint density at radius 3 is 2.00 bits per heavy atom. The maximum absolute atomic E-state index is 13.0. The second-order valence-corrected chi connectivity index (χ2v) is 16.2. The van der Waals surface area contributed by atoms with E-state index in [1.807, 2.05) is 28.4 Å². The number of carbonyl (C=O) groups is 1. The Morgan fingerprint density at radius 1 is 0.792 bits per heavy atom.